The summed E-state index contributed by atoms with van der Waals surface area (Å²) in [6, 6.07) is 0. The van der Waals surface area contributed by atoms with Gasteiger partial charge in [-0.05, 0) is 25.7 Å². The highest BCUT2D eigenvalue weighted by Crippen LogP contribution is 2.10. The number of unbranched alkanes of at least 4 members (excludes halogenated alkanes) is 1. The summed E-state index contributed by atoms with van der Waals surface area (Å²) in [5.41, 5.74) is 0. The van der Waals surface area contributed by atoms with Gasteiger partial charge in [-0.25, -0.2) is 0 Å². The Labute approximate surface area is 114 Å². The molecule has 5 heteroatoms. The van der Waals surface area contributed by atoms with E-state index in [2.05, 4.69) is 0 Å². The number of ether oxygens (including phenoxy) is 1. The number of carbonyl (C=O) groups is 2. The lowest BCUT2D eigenvalue weighted by Gasteiger charge is -2.16. The highest BCUT2D eigenvalue weighted by atomic mass is 16.5. The summed E-state index contributed by atoms with van der Waals surface area (Å²) in [5, 5.41) is 0. The van der Waals surface area contributed by atoms with E-state index in [1.54, 1.807) is 0 Å². The van der Waals surface area contributed by atoms with Crippen LogP contribution in [0.3, 0.4) is 0 Å². The van der Waals surface area contributed by atoms with E-state index >= 15 is 0 Å². The molecular formula is C14H24N2O3. The van der Waals surface area contributed by atoms with E-state index in [0.717, 1.165) is 64.9 Å². The minimum atomic E-state index is 0.260. The normalized spacial score (nSPS) is 19.8. The lowest BCUT2D eigenvalue weighted by Crippen LogP contribution is -2.28. The van der Waals surface area contributed by atoms with Crippen LogP contribution in [0.2, 0.25) is 0 Å². The number of amides is 2. The Morgan fingerprint density at radius 3 is 2.05 bits per heavy atom. The summed E-state index contributed by atoms with van der Waals surface area (Å²) in [6.07, 6.45) is 5.41. The van der Waals surface area contributed by atoms with Gasteiger partial charge in [0.25, 0.3) is 0 Å². The fourth-order valence-corrected chi connectivity index (χ4v) is 2.66. The topological polar surface area (TPSA) is 49.9 Å². The first-order valence-electron chi connectivity index (χ1n) is 7.40. The third kappa shape index (κ3) is 4.49. The molecule has 0 aromatic carbocycles. The Morgan fingerprint density at radius 1 is 0.842 bits per heavy atom. The van der Waals surface area contributed by atoms with Gasteiger partial charge < -0.3 is 14.5 Å². The van der Waals surface area contributed by atoms with E-state index in [1.807, 2.05) is 9.80 Å². The SMILES string of the molecule is O=C1CCCN1CCCCOCCN1CCCC1=O. The third-order valence-corrected chi connectivity index (χ3v) is 3.82. The van der Waals surface area contributed by atoms with Crippen LogP contribution in [0.25, 0.3) is 0 Å². The first-order chi connectivity index (χ1) is 9.27. The van der Waals surface area contributed by atoms with Crippen molar-refractivity contribution in [1.82, 2.24) is 9.80 Å². The van der Waals surface area contributed by atoms with Crippen LogP contribution >= 0.6 is 0 Å². The maximum Gasteiger partial charge on any atom is 0.222 e. The predicted octanol–water partition coefficient (Wildman–Crippen LogP) is 1.03. The fraction of sp³-hybridized carbons (Fsp3) is 0.857. The highest BCUT2D eigenvalue weighted by Gasteiger charge is 2.20. The fourth-order valence-electron chi connectivity index (χ4n) is 2.66. The van der Waals surface area contributed by atoms with Gasteiger partial charge in [0.05, 0.1) is 6.61 Å². The summed E-state index contributed by atoms with van der Waals surface area (Å²) in [6.45, 7) is 4.77. The molecule has 19 heavy (non-hydrogen) atoms. The molecule has 0 unspecified atom stereocenters. The molecule has 2 saturated heterocycles. The van der Waals surface area contributed by atoms with E-state index in [9.17, 15) is 9.59 Å². The molecule has 0 saturated carbocycles. The van der Waals surface area contributed by atoms with Crippen LogP contribution < -0.4 is 0 Å². The smallest absolute Gasteiger partial charge is 0.222 e. The number of nitrogens with zero attached hydrogens (tertiary/aromatic N) is 2. The van der Waals surface area contributed by atoms with Crippen molar-refractivity contribution in [2.45, 2.75) is 38.5 Å². The van der Waals surface area contributed by atoms with Gasteiger partial charge in [0.1, 0.15) is 0 Å². The van der Waals surface area contributed by atoms with Gasteiger partial charge in [0.2, 0.25) is 11.8 Å². The Kier molecular flexibility index (Phi) is 5.63. The molecule has 0 radical (unpaired) electrons. The van der Waals surface area contributed by atoms with Crippen molar-refractivity contribution in [2.24, 2.45) is 0 Å². The standard InChI is InChI=1S/C14H24N2O3/c17-13-5-3-8-15(13)7-1-2-11-19-12-10-16-9-4-6-14(16)18/h1-12H2. The van der Waals surface area contributed by atoms with Gasteiger partial charge in [0.15, 0.2) is 0 Å². The van der Waals surface area contributed by atoms with Crippen molar-refractivity contribution in [1.29, 1.82) is 0 Å². The van der Waals surface area contributed by atoms with Gasteiger partial charge in [0, 0.05) is 45.6 Å². The van der Waals surface area contributed by atoms with Crippen LogP contribution in [0.1, 0.15) is 38.5 Å². The number of hydrogen-bond acceptors (Lipinski definition) is 3. The second kappa shape index (κ2) is 7.48. The molecule has 2 heterocycles. The van der Waals surface area contributed by atoms with Crippen LogP contribution in [-0.4, -0.2) is 61.0 Å². The summed E-state index contributed by atoms with van der Waals surface area (Å²) < 4.78 is 5.54. The number of hydrogen-bond donors (Lipinski definition) is 0. The Hall–Kier alpha value is -1.10. The quantitative estimate of drug-likeness (QED) is 0.618. The van der Waals surface area contributed by atoms with Gasteiger partial charge in [-0.15, -0.1) is 0 Å². The monoisotopic (exact) mass is 268 g/mol. The maximum absolute atomic E-state index is 11.4. The van der Waals surface area contributed by atoms with Gasteiger partial charge >= 0.3 is 0 Å². The average Bonchev–Trinajstić information content (AvgIpc) is 2.98. The summed E-state index contributed by atoms with van der Waals surface area (Å²) in [7, 11) is 0. The molecule has 2 aliphatic rings. The van der Waals surface area contributed by atoms with Crippen LogP contribution in [0.15, 0.2) is 0 Å². The molecule has 2 amide bonds. The van der Waals surface area contributed by atoms with Crippen LogP contribution in [0, 0.1) is 0 Å². The number of rotatable bonds is 8. The highest BCUT2D eigenvalue weighted by molar-refractivity contribution is 5.78. The first-order valence-corrected chi connectivity index (χ1v) is 7.40. The van der Waals surface area contributed by atoms with Gasteiger partial charge in [-0.3, -0.25) is 9.59 Å². The summed E-state index contributed by atoms with van der Waals surface area (Å²) in [5.74, 6) is 0.560. The molecule has 0 atom stereocenters. The summed E-state index contributed by atoms with van der Waals surface area (Å²) in [4.78, 5) is 26.6. The van der Waals surface area contributed by atoms with E-state index < -0.39 is 0 Å². The van der Waals surface area contributed by atoms with Crippen molar-refractivity contribution >= 4 is 11.8 Å². The zero-order valence-corrected chi connectivity index (χ0v) is 11.6. The molecular weight excluding hydrogens is 244 g/mol. The molecule has 0 aromatic heterocycles. The average molecular weight is 268 g/mol. The van der Waals surface area contributed by atoms with Gasteiger partial charge in [-0.1, -0.05) is 0 Å². The molecule has 2 aliphatic heterocycles. The zero-order valence-electron chi connectivity index (χ0n) is 11.6. The lowest BCUT2D eigenvalue weighted by molar-refractivity contribution is -0.128. The molecule has 0 bridgehead atoms. The largest absolute Gasteiger partial charge is 0.380 e. The Balaban J connectivity index is 1.42. The third-order valence-electron chi connectivity index (χ3n) is 3.82. The van der Waals surface area contributed by atoms with Crippen molar-refractivity contribution in [3.05, 3.63) is 0 Å². The van der Waals surface area contributed by atoms with E-state index in [1.165, 1.54) is 0 Å². The minimum Gasteiger partial charge on any atom is -0.380 e. The van der Waals surface area contributed by atoms with Gasteiger partial charge in [-0.2, -0.15) is 0 Å². The van der Waals surface area contributed by atoms with Crippen LogP contribution in [-0.2, 0) is 14.3 Å². The van der Waals surface area contributed by atoms with Crippen molar-refractivity contribution in [2.75, 3.05) is 39.4 Å². The van der Waals surface area contributed by atoms with Crippen molar-refractivity contribution in [3.63, 3.8) is 0 Å². The molecule has 0 N–H and O–H groups in total. The van der Waals surface area contributed by atoms with Crippen molar-refractivity contribution in [3.8, 4) is 0 Å². The predicted molar refractivity (Wildman–Crippen MR) is 71.7 cm³/mol. The summed E-state index contributed by atoms with van der Waals surface area (Å²) >= 11 is 0. The lowest BCUT2D eigenvalue weighted by atomic mass is 10.3. The molecule has 2 rings (SSSR count). The molecule has 5 nitrogen and oxygen atoms in total. The molecule has 108 valence electrons. The molecule has 0 aliphatic carbocycles. The molecule has 0 aromatic rings. The van der Waals surface area contributed by atoms with Crippen LogP contribution in [0.5, 0.6) is 0 Å². The van der Waals surface area contributed by atoms with Crippen LogP contribution in [0.4, 0.5) is 0 Å². The Bertz CT molecular complexity index is 290. The molecule has 2 fully saturated rings. The zero-order chi connectivity index (χ0) is 13.5. The number of likely N-dealkylation sites (tertiary alicyclic amines) is 2. The second-order valence-electron chi connectivity index (χ2n) is 5.29. The Morgan fingerprint density at radius 2 is 1.47 bits per heavy atom. The van der Waals surface area contributed by atoms with Crippen molar-refractivity contribution < 1.29 is 14.3 Å². The number of carbonyl (C=O) groups excluding carboxylic acids is 2. The second-order valence-corrected chi connectivity index (χ2v) is 5.29. The van der Waals surface area contributed by atoms with E-state index in [4.69, 9.17) is 4.74 Å². The minimum absolute atomic E-state index is 0.260. The van der Waals surface area contributed by atoms with E-state index in [0.29, 0.717) is 18.9 Å². The first kappa shape index (κ1) is 14.3. The maximum atomic E-state index is 11.4. The van der Waals surface area contributed by atoms with E-state index in [-0.39, 0.29) is 5.91 Å². The molecule has 0 spiro atoms.